The molecule has 5 nitrogen and oxygen atoms in total. The average Bonchev–Trinajstić information content (AvgIpc) is 2.88. The molecule has 19 heavy (non-hydrogen) atoms. The fraction of sp³-hybridized carbons (Fsp3) is 0.786. The van der Waals surface area contributed by atoms with Crippen LogP contribution in [0.5, 0.6) is 0 Å². The van der Waals surface area contributed by atoms with Crippen LogP contribution in [0.4, 0.5) is 0 Å². The Morgan fingerprint density at radius 2 is 2.05 bits per heavy atom. The molecule has 0 bridgehead atoms. The molecule has 2 atom stereocenters. The molecule has 0 aromatic carbocycles. The molecular formula is C14H22N2O3. The number of ether oxygens (including phenoxy) is 1. The summed E-state index contributed by atoms with van der Waals surface area (Å²) in [6, 6.07) is 1.29. The Bertz CT molecular complexity index is 356. The van der Waals surface area contributed by atoms with Gasteiger partial charge in [0.15, 0.2) is 0 Å². The summed E-state index contributed by atoms with van der Waals surface area (Å²) in [7, 11) is 1.29. The standard InChI is InChI=1S/C14H22N2O3/c1-10(7-8-15)13(14(18)19-2)16-12(17)9-11-5-3-4-6-11/h10-11,13H,3-7,9H2,1-2H3,(H,16,17)/t10-,13-/m0/s1. The Balaban J connectivity index is 2.53. The molecule has 0 aromatic rings. The van der Waals surface area contributed by atoms with Crippen molar-refractivity contribution in [3.8, 4) is 6.07 Å². The van der Waals surface area contributed by atoms with Crippen molar-refractivity contribution < 1.29 is 14.3 Å². The van der Waals surface area contributed by atoms with Gasteiger partial charge in [-0.3, -0.25) is 4.79 Å². The minimum Gasteiger partial charge on any atom is -0.467 e. The van der Waals surface area contributed by atoms with Gasteiger partial charge in [0.05, 0.1) is 13.2 Å². The molecule has 1 amide bonds. The van der Waals surface area contributed by atoms with Crippen LogP contribution in [0.1, 0.15) is 45.4 Å². The van der Waals surface area contributed by atoms with Crippen LogP contribution in [0, 0.1) is 23.2 Å². The van der Waals surface area contributed by atoms with Gasteiger partial charge >= 0.3 is 5.97 Å². The molecule has 0 heterocycles. The molecule has 5 heteroatoms. The summed E-state index contributed by atoms with van der Waals surface area (Å²) in [5.74, 6) is -0.413. The highest BCUT2D eigenvalue weighted by atomic mass is 16.5. The molecule has 1 aliphatic carbocycles. The van der Waals surface area contributed by atoms with Gasteiger partial charge in [0.2, 0.25) is 5.91 Å². The second-order valence-electron chi connectivity index (χ2n) is 5.26. The molecule has 0 unspecified atom stereocenters. The predicted octanol–water partition coefficient (Wildman–Crippen LogP) is 1.77. The van der Waals surface area contributed by atoms with Gasteiger partial charge in [-0.1, -0.05) is 19.8 Å². The number of carbonyl (C=O) groups is 2. The minimum absolute atomic E-state index is 0.118. The van der Waals surface area contributed by atoms with Crippen molar-refractivity contribution in [1.29, 1.82) is 5.26 Å². The summed E-state index contributed by atoms with van der Waals surface area (Å²) >= 11 is 0. The molecule has 0 spiro atoms. The number of methoxy groups -OCH3 is 1. The molecule has 1 N–H and O–H groups in total. The maximum atomic E-state index is 11.9. The number of nitrogens with zero attached hydrogens (tertiary/aromatic N) is 1. The normalized spacial score (nSPS) is 18.4. The van der Waals surface area contributed by atoms with Gasteiger partial charge in [-0.2, -0.15) is 5.26 Å². The molecule has 0 radical (unpaired) electrons. The number of rotatable bonds is 6. The van der Waals surface area contributed by atoms with E-state index in [0.29, 0.717) is 12.3 Å². The monoisotopic (exact) mass is 266 g/mol. The Morgan fingerprint density at radius 1 is 1.42 bits per heavy atom. The molecule has 0 aromatic heterocycles. The van der Waals surface area contributed by atoms with Crippen LogP contribution in [-0.4, -0.2) is 25.0 Å². The largest absolute Gasteiger partial charge is 0.467 e. The molecule has 1 rings (SSSR count). The topological polar surface area (TPSA) is 79.2 Å². The number of nitriles is 1. The third kappa shape index (κ3) is 4.90. The highest BCUT2D eigenvalue weighted by molar-refractivity contribution is 5.84. The van der Waals surface area contributed by atoms with Crippen molar-refractivity contribution in [2.24, 2.45) is 11.8 Å². The first-order valence-corrected chi connectivity index (χ1v) is 6.82. The zero-order valence-corrected chi connectivity index (χ0v) is 11.6. The molecule has 1 fully saturated rings. The highest BCUT2D eigenvalue weighted by Crippen LogP contribution is 2.27. The van der Waals surface area contributed by atoms with Gasteiger partial charge in [0.25, 0.3) is 0 Å². The zero-order chi connectivity index (χ0) is 14.3. The van der Waals surface area contributed by atoms with Crippen LogP contribution in [0.3, 0.4) is 0 Å². The van der Waals surface area contributed by atoms with E-state index in [1.807, 2.05) is 6.07 Å². The van der Waals surface area contributed by atoms with Crippen molar-refractivity contribution >= 4 is 11.9 Å². The third-order valence-electron chi connectivity index (χ3n) is 3.70. The first kappa shape index (κ1) is 15.5. The summed E-state index contributed by atoms with van der Waals surface area (Å²) in [6.07, 6.45) is 5.22. The fourth-order valence-electron chi connectivity index (χ4n) is 2.53. The maximum Gasteiger partial charge on any atom is 0.328 e. The van der Waals surface area contributed by atoms with E-state index in [-0.39, 0.29) is 18.2 Å². The number of carbonyl (C=O) groups excluding carboxylic acids is 2. The van der Waals surface area contributed by atoms with Crippen LogP contribution in [0.25, 0.3) is 0 Å². The van der Waals surface area contributed by atoms with Gasteiger partial charge in [0, 0.05) is 18.8 Å². The van der Waals surface area contributed by atoms with Crippen molar-refractivity contribution in [3.63, 3.8) is 0 Å². The maximum absolute atomic E-state index is 11.9. The van der Waals surface area contributed by atoms with E-state index < -0.39 is 12.0 Å². The van der Waals surface area contributed by atoms with Crippen LogP contribution in [-0.2, 0) is 14.3 Å². The third-order valence-corrected chi connectivity index (χ3v) is 3.70. The number of hydrogen-bond donors (Lipinski definition) is 1. The number of nitrogens with one attached hydrogen (secondary N) is 1. The summed E-state index contributed by atoms with van der Waals surface area (Å²) in [5.41, 5.74) is 0. The second kappa shape index (κ2) is 7.78. The van der Waals surface area contributed by atoms with E-state index in [2.05, 4.69) is 10.1 Å². The lowest BCUT2D eigenvalue weighted by Gasteiger charge is -2.21. The second-order valence-corrected chi connectivity index (χ2v) is 5.26. The zero-order valence-electron chi connectivity index (χ0n) is 11.6. The van der Waals surface area contributed by atoms with Gasteiger partial charge in [0.1, 0.15) is 6.04 Å². The minimum atomic E-state index is -0.724. The van der Waals surface area contributed by atoms with E-state index in [9.17, 15) is 9.59 Å². The quantitative estimate of drug-likeness (QED) is 0.743. The van der Waals surface area contributed by atoms with Crippen molar-refractivity contribution in [2.75, 3.05) is 7.11 Å². The molecular weight excluding hydrogens is 244 g/mol. The van der Waals surface area contributed by atoms with Crippen LogP contribution >= 0.6 is 0 Å². The van der Waals surface area contributed by atoms with Gasteiger partial charge < -0.3 is 10.1 Å². The van der Waals surface area contributed by atoms with Gasteiger partial charge in [-0.05, 0) is 18.8 Å². The van der Waals surface area contributed by atoms with Gasteiger partial charge in [-0.15, -0.1) is 0 Å². The van der Waals surface area contributed by atoms with Crippen molar-refractivity contribution in [1.82, 2.24) is 5.32 Å². The SMILES string of the molecule is COC(=O)[C@@H](NC(=O)CC1CCCC1)[C@@H](C)CC#N. The Morgan fingerprint density at radius 3 is 2.58 bits per heavy atom. The van der Waals surface area contributed by atoms with E-state index in [1.165, 1.54) is 20.0 Å². The van der Waals surface area contributed by atoms with Crippen molar-refractivity contribution in [2.45, 2.75) is 51.5 Å². The Kier molecular flexibility index (Phi) is 6.34. The van der Waals surface area contributed by atoms with Crippen LogP contribution in [0.2, 0.25) is 0 Å². The van der Waals surface area contributed by atoms with E-state index in [4.69, 9.17) is 5.26 Å². The first-order valence-electron chi connectivity index (χ1n) is 6.82. The lowest BCUT2D eigenvalue weighted by atomic mass is 9.97. The van der Waals surface area contributed by atoms with Gasteiger partial charge in [-0.25, -0.2) is 4.79 Å². The molecule has 0 saturated heterocycles. The number of amides is 1. The smallest absolute Gasteiger partial charge is 0.328 e. The van der Waals surface area contributed by atoms with Crippen LogP contribution < -0.4 is 5.32 Å². The number of esters is 1. The summed E-state index contributed by atoms with van der Waals surface area (Å²) in [4.78, 5) is 23.6. The van der Waals surface area contributed by atoms with E-state index in [0.717, 1.165) is 12.8 Å². The first-order chi connectivity index (χ1) is 9.08. The molecule has 0 aliphatic heterocycles. The lowest BCUT2D eigenvalue weighted by molar-refractivity contribution is -0.146. The summed E-state index contributed by atoms with van der Waals surface area (Å²) in [6.45, 7) is 1.76. The molecule has 1 aliphatic rings. The Hall–Kier alpha value is -1.57. The Labute approximate surface area is 114 Å². The summed E-state index contributed by atoms with van der Waals surface area (Å²) < 4.78 is 4.69. The lowest BCUT2D eigenvalue weighted by Crippen LogP contribution is -2.46. The fourth-order valence-corrected chi connectivity index (χ4v) is 2.53. The van der Waals surface area contributed by atoms with E-state index in [1.54, 1.807) is 6.92 Å². The molecule has 106 valence electrons. The van der Waals surface area contributed by atoms with Crippen molar-refractivity contribution in [3.05, 3.63) is 0 Å². The summed E-state index contributed by atoms with van der Waals surface area (Å²) in [5, 5.41) is 11.4. The molecule has 1 saturated carbocycles. The number of hydrogen-bond acceptors (Lipinski definition) is 4. The predicted molar refractivity (Wildman–Crippen MR) is 69.9 cm³/mol. The van der Waals surface area contributed by atoms with E-state index >= 15 is 0 Å². The highest BCUT2D eigenvalue weighted by Gasteiger charge is 2.28. The van der Waals surface area contributed by atoms with Crippen LogP contribution in [0.15, 0.2) is 0 Å². The average molecular weight is 266 g/mol.